The molecule has 2 fully saturated rings. The number of aryl methyl sites for hydroxylation is 1. The van der Waals surface area contributed by atoms with Crippen molar-refractivity contribution in [2.45, 2.75) is 51.6 Å². The van der Waals surface area contributed by atoms with Crippen molar-refractivity contribution in [3.8, 4) is 0 Å². The van der Waals surface area contributed by atoms with Crippen LogP contribution in [0.2, 0.25) is 0 Å². The maximum atomic E-state index is 12.5. The van der Waals surface area contributed by atoms with Crippen LogP contribution in [0.4, 0.5) is 0 Å². The second kappa shape index (κ2) is 6.50. The molecule has 22 heavy (non-hydrogen) atoms. The zero-order chi connectivity index (χ0) is 15.5. The molecule has 6 nitrogen and oxygen atoms in total. The molecule has 0 unspecified atom stereocenters. The minimum absolute atomic E-state index is 0.0180. The summed E-state index contributed by atoms with van der Waals surface area (Å²) in [6, 6.07) is 0.346. The van der Waals surface area contributed by atoms with Gasteiger partial charge < -0.3 is 14.8 Å². The quantitative estimate of drug-likeness (QED) is 0.915. The number of imidazole rings is 1. The summed E-state index contributed by atoms with van der Waals surface area (Å²) in [6.45, 7) is 3.88. The molecule has 0 bridgehead atoms. The molecule has 6 heteroatoms. The molecule has 2 heterocycles. The molecule has 1 aromatic rings. The number of nitrogens with one attached hydrogen (secondary N) is 1. The smallest absolute Gasteiger partial charge is 0.272 e. The third kappa shape index (κ3) is 3.00. The zero-order valence-corrected chi connectivity index (χ0v) is 13.1. The van der Waals surface area contributed by atoms with Crippen LogP contribution >= 0.6 is 0 Å². The van der Waals surface area contributed by atoms with Gasteiger partial charge in [0.05, 0.1) is 18.4 Å². The van der Waals surface area contributed by atoms with Crippen molar-refractivity contribution in [3.05, 3.63) is 18.2 Å². The third-order valence-electron chi connectivity index (χ3n) is 4.82. The van der Waals surface area contributed by atoms with Crippen molar-refractivity contribution in [2.75, 3.05) is 13.1 Å². The summed E-state index contributed by atoms with van der Waals surface area (Å²) in [5, 5.41) is 3.14. The first kappa shape index (κ1) is 15.1. The Balaban J connectivity index is 1.57. The highest BCUT2D eigenvalue weighted by molar-refractivity contribution is 5.93. The lowest BCUT2D eigenvalue weighted by Gasteiger charge is -2.18. The van der Waals surface area contributed by atoms with Crippen molar-refractivity contribution in [1.82, 2.24) is 19.8 Å². The SMILES string of the molecule is CCn1cncc1C(=O)N1CC[C@@H](C(=O)NC2CCCC2)C1. The minimum atomic E-state index is -0.0671. The molecule has 3 rings (SSSR count). The van der Waals surface area contributed by atoms with Crippen LogP contribution < -0.4 is 5.32 Å². The van der Waals surface area contributed by atoms with E-state index < -0.39 is 0 Å². The van der Waals surface area contributed by atoms with Crippen LogP contribution in [0.5, 0.6) is 0 Å². The molecule has 1 aliphatic carbocycles. The van der Waals surface area contributed by atoms with Crippen LogP contribution in [-0.2, 0) is 11.3 Å². The van der Waals surface area contributed by atoms with Gasteiger partial charge in [-0.1, -0.05) is 12.8 Å². The van der Waals surface area contributed by atoms with Crippen molar-refractivity contribution in [3.63, 3.8) is 0 Å². The summed E-state index contributed by atoms with van der Waals surface area (Å²) in [5.74, 6) is 0.0317. The molecule has 0 aromatic carbocycles. The lowest BCUT2D eigenvalue weighted by atomic mass is 10.1. The van der Waals surface area contributed by atoms with E-state index in [4.69, 9.17) is 0 Å². The van der Waals surface area contributed by atoms with Gasteiger partial charge in [-0.2, -0.15) is 0 Å². The number of likely N-dealkylation sites (tertiary alicyclic amines) is 1. The highest BCUT2D eigenvalue weighted by Gasteiger charge is 2.33. The summed E-state index contributed by atoms with van der Waals surface area (Å²) >= 11 is 0. The number of carbonyl (C=O) groups is 2. The number of rotatable bonds is 4. The second-order valence-electron chi connectivity index (χ2n) is 6.29. The molecule has 1 N–H and O–H groups in total. The van der Waals surface area contributed by atoms with Gasteiger partial charge in [-0.25, -0.2) is 4.98 Å². The first-order valence-corrected chi connectivity index (χ1v) is 8.28. The highest BCUT2D eigenvalue weighted by Crippen LogP contribution is 2.22. The van der Waals surface area contributed by atoms with E-state index in [1.807, 2.05) is 11.5 Å². The Bertz CT molecular complexity index is 548. The Hall–Kier alpha value is -1.85. The fraction of sp³-hybridized carbons (Fsp3) is 0.688. The van der Waals surface area contributed by atoms with Gasteiger partial charge in [0.15, 0.2) is 0 Å². The van der Waals surface area contributed by atoms with Crippen LogP contribution in [0.15, 0.2) is 12.5 Å². The average Bonchev–Trinajstić information content (AvgIpc) is 3.26. The molecular weight excluding hydrogens is 280 g/mol. The number of amides is 2. The van der Waals surface area contributed by atoms with E-state index in [-0.39, 0.29) is 17.7 Å². The number of hydrogen-bond donors (Lipinski definition) is 1. The van der Waals surface area contributed by atoms with E-state index in [0.29, 0.717) is 24.8 Å². The van der Waals surface area contributed by atoms with E-state index in [1.54, 1.807) is 17.4 Å². The number of hydrogen-bond acceptors (Lipinski definition) is 3. The monoisotopic (exact) mass is 304 g/mol. The standard InChI is InChI=1S/C16H24N4O2/c1-2-19-11-17-9-14(19)16(22)20-8-7-12(10-20)15(21)18-13-5-3-4-6-13/h9,11-13H,2-8,10H2,1H3,(H,18,21)/t12-/m1/s1. The number of carbonyl (C=O) groups excluding carboxylic acids is 2. The van der Waals surface area contributed by atoms with Gasteiger partial charge in [0.25, 0.3) is 5.91 Å². The van der Waals surface area contributed by atoms with Crippen LogP contribution in [0, 0.1) is 5.92 Å². The van der Waals surface area contributed by atoms with E-state index in [9.17, 15) is 9.59 Å². The van der Waals surface area contributed by atoms with Gasteiger partial charge in [-0.3, -0.25) is 9.59 Å². The third-order valence-corrected chi connectivity index (χ3v) is 4.82. The molecule has 0 spiro atoms. The lowest BCUT2D eigenvalue weighted by Crippen LogP contribution is -2.39. The van der Waals surface area contributed by atoms with E-state index in [1.165, 1.54) is 12.8 Å². The van der Waals surface area contributed by atoms with Gasteiger partial charge in [0, 0.05) is 25.7 Å². The first-order valence-electron chi connectivity index (χ1n) is 8.28. The first-order chi connectivity index (χ1) is 10.7. The van der Waals surface area contributed by atoms with Crippen LogP contribution in [0.3, 0.4) is 0 Å². The molecule has 1 atom stereocenters. The zero-order valence-electron chi connectivity index (χ0n) is 13.1. The van der Waals surface area contributed by atoms with Gasteiger partial charge in [0.1, 0.15) is 5.69 Å². The van der Waals surface area contributed by atoms with E-state index in [2.05, 4.69) is 10.3 Å². The molecule has 1 aliphatic heterocycles. The van der Waals surface area contributed by atoms with Crippen LogP contribution in [-0.4, -0.2) is 45.4 Å². The maximum Gasteiger partial charge on any atom is 0.272 e. The molecule has 1 saturated heterocycles. The number of nitrogens with zero attached hydrogens (tertiary/aromatic N) is 3. The Morgan fingerprint density at radius 2 is 2.09 bits per heavy atom. The van der Waals surface area contributed by atoms with Gasteiger partial charge in [-0.15, -0.1) is 0 Å². The highest BCUT2D eigenvalue weighted by atomic mass is 16.2. The Kier molecular flexibility index (Phi) is 4.45. The molecule has 1 saturated carbocycles. The predicted octanol–water partition coefficient (Wildman–Crippen LogP) is 1.42. The topological polar surface area (TPSA) is 67.2 Å². The minimum Gasteiger partial charge on any atom is -0.353 e. The van der Waals surface area contributed by atoms with Crippen molar-refractivity contribution >= 4 is 11.8 Å². The van der Waals surface area contributed by atoms with Crippen LogP contribution in [0.1, 0.15) is 49.5 Å². The largest absolute Gasteiger partial charge is 0.353 e. The average molecular weight is 304 g/mol. The molecule has 120 valence electrons. The Morgan fingerprint density at radius 1 is 1.32 bits per heavy atom. The molecule has 0 radical (unpaired) electrons. The predicted molar refractivity (Wildman–Crippen MR) is 82.3 cm³/mol. The summed E-state index contributed by atoms with van der Waals surface area (Å²) in [7, 11) is 0. The van der Waals surface area contributed by atoms with E-state index in [0.717, 1.165) is 25.8 Å². The van der Waals surface area contributed by atoms with Crippen LogP contribution in [0.25, 0.3) is 0 Å². The number of aromatic nitrogens is 2. The fourth-order valence-corrected chi connectivity index (χ4v) is 3.46. The Morgan fingerprint density at radius 3 is 2.82 bits per heavy atom. The van der Waals surface area contributed by atoms with Gasteiger partial charge >= 0.3 is 0 Å². The molecule has 2 amide bonds. The molecule has 1 aromatic heterocycles. The van der Waals surface area contributed by atoms with Gasteiger partial charge in [0.2, 0.25) is 5.91 Å². The Labute approximate surface area is 130 Å². The lowest BCUT2D eigenvalue weighted by molar-refractivity contribution is -0.125. The summed E-state index contributed by atoms with van der Waals surface area (Å²) in [4.78, 5) is 30.7. The van der Waals surface area contributed by atoms with Crippen molar-refractivity contribution in [2.24, 2.45) is 5.92 Å². The normalized spacial score (nSPS) is 22.2. The molecule has 2 aliphatic rings. The maximum absolute atomic E-state index is 12.5. The van der Waals surface area contributed by atoms with Gasteiger partial charge in [-0.05, 0) is 26.2 Å². The van der Waals surface area contributed by atoms with Crippen molar-refractivity contribution in [1.29, 1.82) is 0 Å². The van der Waals surface area contributed by atoms with Crippen molar-refractivity contribution < 1.29 is 9.59 Å². The fourth-order valence-electron chi connectivity index (χ4n) is 3.46. The van der Waals surface area contributed by atoms with E-state index >= 15 is 0 Å². The molecular formula is C16H24N4O2. The summed E-state index contributed by atoms with van der Waals surface area (Å²) in [6.07, 6.45) is 8.64. The summed E-state index contributed by atoms with van der Waals surface area (Å²) in [5.41, 5.74) is 0.611. The second-order valence-corrected chi connectivity index (χ2v) is 6.29. The summed E-state index contributed by atoms with van der Waals surface area (Å²) < 4.78 is 1.84.